The first-order chi connectivity index (χ1) is 14.5. The number of nitrogens with zero attached hydrogens (tertiary/aromatic N) is 2. The van der Waals surface area contributed by atoms with Crippen LogP contribution in [0.15, 0.2) is 67.1 Å². The summed E-state index contributed by atoms with van der Waals surface area (Å²) in [6.45, 7) is 0.0104. The van der Waals surface area contributed by atoms with Crippen molar-refractivity contribution in [2.24, 2.45) is 0 Å². The SMILES string of the molecule is COc1cccc(/C=C/C(=O)Nc2cccc(COC(=O)c3cncnc3N)c2)c1. The number of ether oxygens (including phenoxy) is 2. The summed E-state index contributed by atoms with van der Waals surface area (Å²) >= 11 is 0. The number of methoxy groups -OCH3 is 1. The second-order valence-corrected chi connectivity index (χ2v) is 6.20. The van der Waals surface area contributed by atoms with E-state index in [9.17, 15) is 9.59 Å². The molecule has 0 aliphatic rings. The number of carbonyl (C=O) groups excluding carboxylic acids is 2. The Morgan fingerprint density at radius 3 is 2.80 bits per heavy atom. The number of aromatic nitrogens is 2. The van der Waals surface area contributed by atoms with Gasteiger partial charge in [0.05, 0.1) is 7.11 Å². The van der Waals surface area contributed by atoms with Gasteiger partial charge in [0.25, 0.3) is 0 Å². The molecule has 0 aliphatic heterocycles. The van der Waals surface area contributed by atoms with Gasteiger partial charge in [0.2, 0.25) is 5.91 Å². The maximum absolute atomic E-state index is 12.2. The van der Waals surface area contributed by atoms with Gasteiger partial charge in [-0.2, -0.15) is 0 Å². The van der Waals surface area contributed by atoms with Crippen LogP contribution in [-0.2, 0) is 16.1 Å². The van der Waals surface area contributed by atoms with Gasteiger partial charge in [0.1, 0.15) is 30.1 Å². The standard InChI is InChI=1S/C22H20N4O4/c1-29-18-7-3-4-15(11-18)8-9-20(27)26-17-6-2-5-16(10-17)13-30-22(28)19-12-24-14-25-21(19)23/h2-12,14H,13H2,1H3,(H,26,27)(H2,23,24,25)/b9-8+. The Morgan fingerprint density at radius 1 is 1.17 bits per heavy atom. The summed E-state index contributed by atoms with van der Waals surface area (Å²) in [5, 5.41) is 2.77. The van der Waals surface area contributed by atoms with Crippen LogP contribution >= 0.6 is 0 Å². The largest absolute Gasteiger partial charge is 0.497 e. The van der Waals surface area contributed by atoms with Crippen LogP contribution in [0.4, 0.5) is 11.5 Å². The Bertz CT molecular complexity index is 1080. The minimum absolute atomic E-state index is 0.0104. The van der Waals surface area contributed by atoms with Crippen LogP contribution < -0.4 is 15.8 Å². The fraction of sp³-hybridized carbons (Fsp3) is 0.0909. The van der Waals surface area contributed by atoms with Crippen LogP contribution in [0.1, 0.15) is 21.5 Å². The van der Waals surface area contributed by atoms with Gasteiger partial charge in [0.15, 0.2) is 0 Å². The average Bonchev–Trinajstić information content (AvgIpc) is 2.77. The van der Waals surface area contributed by atoms with Gasteiger partial charge in [0, 0.05) is 18.0 Å². The summed E-state index contributed by atoms with van der Waals surface area (Å²) in [7, 11) is 1.59. The molecule has 1 aromatic heterocycles. The monoisotopic (exact) mass is 404 g/mol. The molecule has 3 N–H and O–H groups in total. The third-order valence-corrected chi connectivity index (χ3v) is 4.05. The molecule has 1 amide bonds. The summed E-state index contributed by atoms with van der Waals surface area (Å²) in [5.41, 5.74) is 7.86. The smallest absolute Gasteiger partial charge is 0.343 e. The van der Waals surface area contributed by atoms with E-state index in [0.29, 0.717) is 17.0 Å². The van der Waals surface area contributed by atoms with E-state index in [4.69, 9.17) is 15.2 Å². The molecule has 1 heterocycles. The molecule has 152 valence electrons. The zero-order valence-electron chi connectivity index (χ0n) is 16.2. The fourth-order valence-electron chi connectivity index (χ4n) is 2.56. The van der Waals surface area contributed by atoms with Crippen LogP contribution in [0.2, 0.25) is 0 Å². The Morgan fingerprint density at radius 2 is 2.00 bits per heavy atom. The van der Waals surface area contributed by atoms with Gasteiger partial charge in [-0.1, -0.05) is 24.3 Å². The molecule has 3 rings (SSSR count). The van der Waals surface area contributed by atoms with Crippen LogP contribution in [0.3, 0.4) is 0 Å². The molecular weight excluding hydrogens is 384 g/mol. The highest BCUT2D eigenvalue weighted by Crippen LogP contribution is 2.15. The van der Waals surface area contributed by atoms with E-state index in [1.165, 1.54) is 18.6 Å². The van der Waals surface area contributed by atoms with Crippen molar-refractivity contribution in [3.63, 3.8) is 0 Å². The lowest BCUT2D eigenvalue weighted by Crippen LogP contribution is -2.10. The molecule has 8 heteroatoms. The molecule has 3 aromatic rings. The molecule has 30 heavy (non-hydrogen) atoms. The van der Waals surface area contributed by atoms with Crippen LogP contribution in [0.5, 0.6) is 5.75 Å². The van der Waals surface area contributed by atoms with Gasteiger partial charge in [-0.15, -0.1) is 0 Å². The third-order valence-electron chi connectivity index (χ3n) is 4.05. The first-order valence-electron chi connectivity index (χ1n) is 9.00. The number of nitrogens with one attached hydrogen (secondary N) is 1. The van der Waals surface area contributed by atoms with Gasteiger partial charge < -0.3 is 20.5 Å². The first-order valence-corrected chi connectivity index (χ1v) is 9.00. The molecule has 0 fully saturated rings. The van der Waals surface area contributed by atoms with Crippen LogP contribution in [0.25, 0.3) is 6.08 Å². The second kappa shape index (κ2) is 9.83. The van der Waals surface area contributed by atoms with Crippen molar-refractivity contribution in [2.75, 3.05) is 18.2 Å². The molecule has 0 saturated carbocycles. The lowest BCUT2D eigenvalue weighted by molar-refractivity contribution is -0.111. The van der Waals surface area contributed by atoms with Crippen molar-refractivity contribution in [3.05, 3.63) is 83.8 Å². The van der Waals surface area contributed by atoms with Crippen molar-refractivity contribution in [3.8, 4) is 5.75 Å². The molecule has 0 radical (unpaired) electrons. The number of benzene rings is 2. The fourth-order valence-corrected chi connectivity index (χ4v) is 2.56. The third kappa shape index (κ3) is 5.65. The first kappa shape index (κ1) is 20.5. The van der Waals surface area contributed by atoms with Crippen molar-refractivity contribution < 1.29 is 19.1 Å². The number of nitrogens with two attached hydrogens (primary N) is 1. The number of carbonyl (C=O) groups is 2. The van der Waals surface area contributed by atoms with E-state index in [1.54, 1.807) is 37.5 Å². The van der Waals surface area contributed by atoms with Gasteiger partial charge in [-0.25, -0.2) is 14.8 Å². The maximum Gasteiger partial charge on any atom is 0.343 e. The van der Waals surface area contributed by atoms with E-state index in [0.717, 1.165) is 5.56 Å². The average molecular weight is 404 g/mol. The molecule has 0 unspecified atom stereocenters. The van der Waals surface area contributed by atoms with E-state index < -0.39 is 5.97 Å². The van der Waals surface area contributed by atoms with Crippen molar-refractivity contribution in [1.29, 1.82) is 0 Å². The minimum Gasteiger partial charge on any atom is -0.497 e. The number of hydrogen-bond donors (Lipinski definition) is 2. The molecule has 0 spiro atoms. The maximum atomic E-state index is 12.2. The van der Waals surface area contributed by atoms with Crippen LogP contribution in [0, 0.1) is 0 Å². The summed E-state index contributed by atoms with van der Waals surface area (Å²) in [6, 6.07) is 14.4. The Labute approximate surface area is 173 Å². The number of amides is 1. The second-order valence-electron chi connectivity index (χ2n) is 6.20. The predicted octanol–water partition coefficient (Wildman–Crippen LogP) is 3.08. The summed E-state index contributed by atoms with van der Waals surface area (Å²) in [4.78, 5) is 31.8. The lowest BCUT2D eigenvalue weighted by atomic mass is 10.2. The summed E-state index contributed by atoms with van der Waals surface area (Å²) in [5.74, 6) is -0.146. The van der Waals surface area contributed by atoms with E-state index in [2.05, 4.69) is 15.3 Å². The molecule has 0 atom stereocenters. The van der Waals surface area contributed by atoms with Gasteiger partial charge in [-0.05, 0) is 41.5 Å². The van der Waals surface area contributed by atoms with Crippen molar-refractivity contribution in [1.82, 2.24) is 9.97 Å². The Kier molecular flexibility index (Phi) is 6.73. The molecule has 2 aromatic carbocycles. The minimum atomic E-state index is -0.622. The highest BCUT2D eigenvalue weighted by Gasteiger charge is 2.12. The Balaban J connectivity index is 1.58. The lowest BCUT2D eigenvalue weighted by Gasteiger charge is -2.08. The number of anilines is 2. The quantitative estimate of drug-likeness (QED) is 0.459. The highest BCUT2D eigenvalue weighted by molar-refractivity contribution is 6.02. The summed E-state index contributed by atoms with van der Waals surface area (Å²) < 4.78 is 10.4. The number of rotatable bonds is 7. The number of hydrogen-bond acceptors (Lipinski definition) is 7. The van der Waals surface area contributed by atoms with E-state index in [1.807, 2.05) is 24.3 Å². The topological polar surface area (TPSA) is 116 Å². The molecule has 0 bridgehead atoms. The number of nitrogen functional groups attached to an aromatic ring is 1. The molecular formula is C22H20N4O4. The molecule has 0 saturated heterocycles. The highest BCUT2D eigenvalue weighted by atomic mass is 16.5. The van der Waals surface area contributed by atoms with Crippen LogP contribution in [-0.4, -0.2) is 29.0 Å². The normalized spacial score (nSPS) is 10.6. The van der Waals surface area contributed by atoms with Gasteiger partial charge >= 0.3 is 5.97 Å². The van der Waals surface area contributed by atoms with Gasteiger partial charge in [-0.3, -0.25) is 4.79 Å². The zero-order valence-corrected chi connectivity index (χ0v) is 16.2. The van der Waals surface area contributed by atoms with E-state index >= 15 is 0 Å². The molecule has 8 nitrogen and oxygen atoms in total. The Hall–Kier alpha value is -4.20. The molecule has 0 aliphatic carbocycles. The summed E-state index contributed by atoms with van der Waals surface area (Å²) in [6.07, 6.45) is 5.67. The van der Waals surface area contributed by atoms with Crippen molar-refractivity contribution >= 4 is 29.5 Å². The number of esters is 1. The van der Waals surface area contributed by atoms with E-state index in [-0.39, 0.29) is 23.9 Å². The zero-order chi connectivity index (χ0) is 21.3. The van der Waals surface area contributed by atoms with Crippen molar-refractivity contribution in [2.45, 2.75) is 6.61 Å². The predicted molar refractivity (Wildman–Crippen MR) is 113 cm³/mol.